The molecule has 0 aromatic heterocycles. The molecule has 4 nitrogen and oxygen atoms in total. The fourth-order valence-electron chi connectivity index (χ4n) is 1.99. The van der Waals surface area contributed by atoms with E-state index in [1.165, 1.54) is 31.2 Å². The molecule has 0 unspecified atom stereocenters. The van der Waals surface area contributed by atoms with Crippen molar-refractivity contribution in [2.45, 2.75) is 19.4 Å². The Bertz CT molecular complexity index is 701. The summed E-state index contributed by atoms with van der Waals surface area (Å²) in [5.74, 6) is -1.28. The molecule has 0 aliphatic rings. The Hall–Kier alpha value is -2.40. The van der Waals surface area contributed by atoms with Crippen LogP contribution in [0.3, 0.4) is 0 Å². The predicted molar refractivity (Wildman–Crippen MR) is 89.4 cm³/mol. The first-order valence-corrected chi connectivity index (χ1v) is 7.82. The minimum atomic E-state index is -0.915. The van der Waals surface area contributed by atoms with Gasteiger partial charge >= 0.3 is 5.97 Å². The number of halogens is 2. The van der Waals surface area contributed by atoms with E-state index in [1.807, 2.05) is 0 Å². The van der Waals surface area contributed by atoms with Crippen LogP contribution in [0, 0.1) is 5.82 Å². The van der Waals surface area contributed by atoms with Crippen LogP contribution in [-0.4, -0.2) is 24.5 Å². The van der Waals surface area contributed by atoms with Crippen molar-refractivity contribution in [3.05, 3.63) is 70.5 Å². The molecule has 0 saturated carbocycles. The number of benzene rings is 2. The second kappa shape index (κ2) is 8.45. The van der Waals surface area contributed by atoms with Gasteiger partial charge in [-0.2, -0.15) is 0 Å². The van der Waals surface area contributed by atoms with Gasteiger partial charge in [0.25, 0.3) is 5.91 Å². The van der Waals surface area contributed by atoms with Crippen LogP contribution >= 0.6 is 11.6 Å². The second-order valence-electron chi connectivity index (χ2n) is 5.22. The fourth-order valence-corrected chi connectivity index (χ4v) is 2.12. The first-order chi connectivity index (χ1) is 11.5. The molecule has 2 aromatic carbocycles. The number of ether oxygens (including phenoxy) is 1. The molecule has 0 aliphatic carbocycles. The molecule has 0 saturated heterocycles. The third kappa shape index (κ3) is 5.35. The van der Waals surface area contributed by atoms with Gasteiger partial charge in [-0.1, -0.05) is 23.7 Å². The Morgan fingerprint density at radius 1 is 1.12 bits per heavy atom. The van der Waals surface area contributed by atoms with Crippen molar-refractivity contribution >= 4 is 23.5 Å². The van der Waals surface area contributed by atoms with E-state index in [-0.39, 0.29) is 11.7 Å². The highest BCUT2D eigenvalue weighted by Crippen LogP contribution is 2.11. The normalized spacial score (nSPS) is 11.6. The molecule has 0 bridgehead atoms. The summed E-state index contributed by atoms with van der Waals surface area (Å²) in [6, 6.07) is 12.3. The summed E-state index contributed by atoms with van der Waals surface area (Å²) in [6.45, 7) is 1.87. The molecule has 1 amide bonds. The number of nitrogens with one attached hydrogen (secondary N) is 1. The van der Waals surface area contributed by atoms with E-state index in [1.54, 1.807) is 24.3 Å². The summed E-state index contributed by atoms with van der Waals surface area (Å²) in [4.78, 5) is 23.9. The van der Waals surface area contributed by atoms with Crippen molar-refractivity contribution in [1.82, 2.24) is 5.32 Å². The van der Waals surface area contributed by atoms with Crippen LogP contribution in [0.5, 0.6) is 0 Å². The first kappa shape index (κ1) is 17.9. The largest absolute Gasteiger partial charge is 0.449 e. The van der Waals surface area contributed by atoms with Crippen LogP contribution in [0.25, 0.3) is 0 Å². The number of carbonyl (C=O) groups is 2. The van der Waals surface area contributed by atoms with Gasteiger partial charge in [-0.3, -0.25) is 4.79 Å². The van der Waals surface area contributed by atoms with Crippen LogP contribution in [0.1, 0.15) is 22.8 Å². The van der Waals surface area contributed by atoms with E-state index < -0.39 is 12.1 Å². The Labute approximate surface area is 144 Å². The zero-order valence-corrected chi connectivity index (χ0v) is 13.8. The average molecular weight is 350 g/mol. The van der Waals surface area contributed by atoms with Crippen molar-refractivity contribution in [3.63, 3.8) is 0 Å². The molecule has 2 aromatic rings. The van der Waals surface area contributed by atoms with Crippen LogP contribution in [0.2, 0.25) is 5.02 Å². The Morgan fingerprint density at radius 2 is 1.75 bits per heavy atom. The van der Waals surface area contributed by atoms with Crippen LogP contribution in [0.15, 0.2) is 48.5 Å². The quantitative estimate of drug-likeness (QED) is 0.813. The van der Waals surface area contributed by atoms with Gasteiger partial charge in [0, 0.05) is 11.6 Å². The fraction of sp³-hybridized carbons (Fsp3) is 0.222. The van der Waals surface area contributed by atoms with Crippen LogP contribution in [0.4, 0.5) is 4.39 Å². The van der Waals surface area contributed by atoms with Gasteiger partial charge < -0.3 is 10.1 Å². The number of hydrogen-bond acceptors (Lipinski definition) is 3. The minimum absolute atomic E-state index is 0.300. The number of carbonyl (C=O) groups excluding carboxylic acids is 2. The van der Waals surface area contributed by atoms with E-state index in [0.717, 1.165) is 5.56 Å². The number of rotatable bonds is 6. The monoisotopic (exact) mass is 349 g/mol. The molecule has 126 valence electrons. The highest BCUT2D eigenvalue weighted by atomic mass is 35.5. The number of esters is 1. The van der Waals surface area contributed by atoms with Gasteiger partial charge in [0.15, 0.2) is 6.10 Å². The van der Waals surface area contributed by atoms with Crippen LogP contribution in [-0.2, 0) is 16.0 Å². The average Bonchev–Trinajstić information content (AvgIpc) is 2.57. The zero-order chi connectivity index (χ0) is 17.5. The topological polar surface area (TPSA) is 55.4 Å². The van der Waals surface area contributed by atoms with Crippen molar-refractivity contribution in [2.75, 3.05) is 6.54 Å². The standard InChI is InChI=1S/C18H17ClFNO3/c1-12(24-18(23)14-4-6-15(19)7-5-14)17(22)21-11-10-13-2-8-16(20)9-3-13/h2-9,12H,10-11H2,1H3,(H,21,22)/t12-/m0/s1. The van der Waals surface area contributed by atoms with Gasteiger partial charge in [-0.05, 0) is 55.3 Å². The van der Waals surface area contributed by atoms with Crippen molar-refractivity contribution < 1.29 is 18.7 Å². The second-order valence-corrected chi connectivity index (χ2v) is 5.66. The molecule has 0 spiro atoms. The summed E-state index contributed by atoms with van der Waals surface area (Å²) in [6.07, 6.45) is -0.356. The van der Waals surface area contributed by atoms with Gasteiger partial charge in [0.05, 0.1) is 5.56 Å². The molecule has 1 N–H and O–H groups in total. The SMILES string of the molecule is C[C@H](OC(=O)c1ccc(Cl)cc1)C(=O)NCCc1ccc(F)cc1. The Kier molecular flexibility index (Phi) is 6.32. The van der Waals surface area contributed by atoms with Gasteiger partial charge in [0.2, 0.25) is 0 Å². The van der Waals surface area contributed by atoms with E-state index in [4.69, 9.17) is 16.3 Å². The van der Waals surface area contributed by atoms with E-state index in [2.05, 4.69) is 5.32 Å². The summed E-state index contributed by atoms with van der Waals surface area (Å²) < 4.78 is 17.9. The molecule has 0 aliphatic heterocycles. The zero-order valence-electron chi connectivity index (χ0n) is 13.1. The van der Waals surface area contributed by atoms with E-state index >= 15 is 0 Å². The third-order valence-corrected chi connectivity index (χ3v) is 3.61. The number of hydrogen-bond donors (Lipinski definition) is 1. The van der Waals surface area contributed by atoms with Crippen molar-refractivity contribution in [3.8, 4) is 0 Å². The summed E-state index contributed by atoms with van der Waals surface area (Å²) >= 11 is 5.75. The molecule has 0 heterocycles. The minimum Gasteiger partial charge on any atom is -0.449 e. The van der Waals surface area contributed by atoms with Gasteiger partial charge in [-0.25, -0.2) is 9.18 Å². The Balaban J connectivity index is 1.78. The maximum atomic E-state index is 12.8. The predicted octanol–water partition coefficient (Wildman–Crippen LogP) is 3.38. The van der Waals surface area contributed by atoms with Crippen molar-refractivity contribution in [1.29, 1.82) is 0 Å². The number of amides is 1. The third-order valence-electron chi connectivity index (χ3n) is 3.36. The summed E-state index contributed by atoms with van der Waals surface area (Å²) in [7, 11) is 0. The lowest BCUT2D eigenvalue weighted by atomic mass is 10.1. The maximum Gasteiger partial charge on any atom is 0.338 e. The van der Waals surface area contributed by atoms with Crippen LogP contribution < -0.4 is 5.32 Å². The molecule has 24 heavy (non-hydrogen) atoms. The van der Waals surface area contributed by atoms with Gasteiger partial charge in [-0.15, -0.1) is 0 Å². The molecule has 0 radical (unpaired) electrons. The lowest BCUT2D eigenvalue weighted by Crippen LogP contribution is -2.36. The molecule has 1 atom stereocenters. The van der Waals surface area contributed by atoms with E-state index in [9.17, 15) is 14.0 Å². The molecular formula is C18H17ClFNO3. The lowest BCUT2D eigenvalue weighted by molar-refractivity contribution is -0.129. The molecular weight excluding hydrogens is 333 g/mol. The highest BCUT2D eigenvalue weighted by molar-refractivity contribution is 6.30. The summed E-state index contributed by atoms with van der Waals surface area (Å²) in [5.41, 5.74) is 1.23. The van der Waals surface area contributed by atoms with E-state index in [0.29, 0.717) is 23.6 Å². The first-order valence-electron chi connectivity index (χ1n) is 7.44. The highest BCUT2D eigenvalue weighted by Gasteiger charge is 2.18. The molecule has 6 heteroatoms. The van der Waals surface area contributed by atoms with Crippen molar-refractivity contribution in [2.24, 2.45) is 0 Å². The Morgan fingerprint density at radius 3 is 2.38 bits per heavy atom. The maximum absolute atomic E-state index is 12.8. The summed E-state index contributed by atoms with van der Waals surface area (Å²) in [5, 5.41) is 3.19. The van der Waals surface area contributed by atoms with Gasteiger partial charge in [0.1, 0.15) is 5.82 Å². The lowest BCUT2D eigenvalue weighted by Gasteiger charge is -2.13. The molecule has 2 rings (SSSR count). The smallest absolute Gasteiger partial charge is 0.338 e. The molecule has 0 fully saturated rings.